The third-order valence-electron chi connectivity index (χ3n) is 6.79. The van der Waals surface area contributed by atoms with Crippen LogP contribution in [0.15, 0.2) is 59.5 Å². The van der Waals surface area contributed by atoms with Crippen LogP contribution in [0.5, 0.6) is 0 Å². The molecule has 0 bridgehead atoms. The molecule has 0 spiro atoms. The Morgan fingerprint density at radius 1 is 0.909 bits per heavy atom. The van der Waals surface area contributed by atoms with Gasteiger partial charge in [-0.3, -0.25) is 0 Å². The Morgan fingerprint density at radius 2 is 1.67 bits per heavy atom. The molecule has 5 rings (SSSR count). The number of benzene rings is 2. The van der Waals surface area contributed by atoms with Crippen molar-refractivity contribution in [2.45, 2.75) is 37.1 Å². The number of sulfonamides is 1. The van der Waals surface area contributed by atoms with Gasteiger partial charge < -0.3 is 9.80 Å². The topological polar surface area (TPSA) is 56.8 Å². The van der Waals surface area contributed by atoms with Crippen molar-refractivity contribution in [3.8, 4) is 0 Å². The van der Waals surface area contributed by atoms with Gasteiger partial charge in [-0.25, -0.2) is 17.8 Å². The smallest absolute Gasteiger partial charge is 0.243 e. The maximum atomic E-state index is 14.1. The molecule has 8 heteroatoms. The van der Waals surface area contributed by atoms with Crippen LogP contribution in [0.4, 0.5) is 15.9 Å². The fraction of sp³-hybridized carbons (Fsp3) is 0.400. The zero-order valence-corrected chi connectivity index (χ0v) is 19.6. The number of para-hydroxylation sites is 1. The summed E-state index contributed by atoms with van der Waals surface area (Å²) in [5, 5.41) is 0.814. The summed E-state index contributed by atoms with van der Waals surface area (Å²) in [5.41, 5.74) is 1.41. The van der Waals surface area contributed by atoms with Crippen LogP contribution in [-0.4, -0.2) is 56.5 Å². The van der Waals surface area contributed by atoms with E-state index in [9.17, 15) is 12.8 Å². The molecule has 2 aliphatic heterocycles. The summed E-state index contributed by atoms with van der Waals surface area (Å²) < 4.78 is 42.1. The third-order valence-corrected chi connectivity index (χ3v) is 8.80. The first-order chi connectivity index (χ1) is 15.9. The standard InChI is InChI=1S/C25H29FN4O2S/c1-19-6-4-5-13-30(19)33(31,32)21-10-11-23-20(18-21)9-12-25(27-23)29-16-14-28(15-17-29)24-8-3-2-7-22(24)26/h2-3,7-12,18-19H,4-6,13-17H2,1H3/t19-/m1/s1. The van der Waals surface area contributed by atoms with E-state index in [4.69, 9.17) is 4.98 Å². The molecule has 6 nitrogen and oxygen atoms in total. The third kappa shape index (κ3) is 4.29. The lowest BCUT2D eigenvalue weighted by Crippen LogP contribution is -2.47. The van der Waals surface area contributed by atoms with Gasteiger partial charge in [-0.15, -0.1) is 0 Å². The Bertz CT molecular complexity index is 1260. The molecule has 2 saturated heterocycles. The Kier molecular flexibility index (Phi) is 5.97. The van der Waals surface area contributed by atoms with E-state index >= 15 is 0 Å². The van der Waals surface area contributed by atoms with E-state index in [2.05, 4.69) is 9.80 Å². The quantitative estimate of drug-likeness (QED) is 0.573. The van der Waals surface area contributed by atoms with E-state index in [0.717, 1.165) is 49.1 Å². The Hall–Kier alpha value is -2.71. The van der Waals surface area contributed by atoms with Gasteiger partial charge in [0.1, 0.15) is 11.6 Å². The predicted molar refractivity (Wildman–Crippen MR) is 130 cm³/mol. The van der Waals surface area contributed by atoms with Gasteiger partial charge in [0, 0.05) is 44.2 Å². The molecule has 1 aromatic heterocycles. The first kappa shape index (κ1) is 22.1. The Balaban J connectivity index is 1.33. The summed E-state index contributed by atoms with van der Waals surface area (Å²) >= 11 is 0. The summed E-state index contributed by atoms with van der Waals surface area (Å²) in [6, 6.07) is 16.0. The van der Waals surface area contributed by atoms with E-state index in [1.807, 2.05) is 31.2 Å². The average Bonchev–Trinajstić information content (AvgIpc) is 2.84. The first-order valence-corrected chi connectivity index (χ1v) is 13.0. The minimum Gasteiger partial charge on any atom is -0.366 e. The lowest BCUT2D eigenvalue weighted by atomic mass is 10.1. The largest absolute Gasteiger partial charge is 0.366 e. The average molecular weight is 469 g/mol. The second-order valence-electron chi connectivity index (χ2n) is 8.91. The highest BCUT2D eigenvalue weighted by atomic mass is 32.2. The maximum absolute atomic E-state index is 14.1. The van der Waals surface area contributed by atoms with Gasteiger partial charge in [0.25, 0.3) is 0 Å². The van der Waals surface area contributed by atoms with Gasteiger partial charge in [-0.2, -0.15) is 4.31 Å². The lowest BCUT2D eigenvalue weighted by Gasteiger charge is -2.36. The van der Waals surface area contributed by atoms with Crippen molar-refractivity contribution in [1.82, 2.24) is 9.29 Å². The Labute approximate surface area is 194 Å². The zero-order chi connectivity index (χ0) is 23.0. The van der Waals surface area contributed by atoms with Crippen molar-refractivity contribution in [3.05, 3.63) is 60.4 Å². The van der Waals surface area contributed by atoms with Crippen molar-refractivity contribution in [1.29, 1.82) is 0 Å². The normalized spacial score (nSPS) is 20.4. The van der Waals surface area contributed by atoms with Crippen molar-refractivity contribution in [3.63, 3.8) is 0 Å². The van der Waals surface area contributed by atoms with Crippen LogP contribution < -0.4 is 9.80 Å². The van der Waals surface area contributed by atoms with E-state index in [1.165, 1.54) is 6.07 Å². The number of nitrogens with zero attached hydrogens (tertiary/aromatic N) is 4. The van der Waals surface area contributed by atoms with Gasteiger partial charge in [0.15, 0.2) is 0 Å². The monoisotopic (exact) mass is 468 g/mol. The van der Waals surface area contributed by atoms with Crippen LogP contribution in [0.2, 0.25) is 0 Å². The molecular weight excluding hydrogens is 439 g/mol. The van der Waals surface area contributed by atoms with Crippen molar-refractivity contribution in [2.24, 2.45) is 0 Å². The molecular formula is C25H29FN4O2S. The van der Waals surface area contributed by atoms with Crippen LogP contribution in [0, 0.1) is 5.82 Å². The number of fused-ring (bicyclic) bond motifs is 1. The Morgan fingerprint density at radius 3 is 2.42 bits per heavy atom. The molecule has 33 heavy (non-hydrogen) atoms. The number of piperazine rings is 1. The second kappa shape index (κ2) is 8.91. The molecule has 174 valence electrons. The van der Waals surface area contributed by atoms with Crippen LogP contribution in [0.1, 0.15) is 26.2 Å². The highest BCUT2D eigenvalue weighted by Crippen LogP contribution is 2.28. The predicted octanol–water partition coefficient (Wildman–Crippen LogP) is 4.26. The van der Waals surface area contributed by atoms with Crippen LogP contribution in [-0.2, 0) is 10.0 Å². The lowest BCUT2D eigenvalue weighted by molar-refractivity contribution is 0.268. The number of pyridine rings is 1. The molecule has 0 amide bonds. The summed E-state index contributed by atoms with van der Waals surface area (Å²) in [5.74, 6) is 0.662. The highest BCUT2D eigenvalue weighted by Gasteiger charge is 2.31. The molecule has 3 aromatic rings. The van der Waals surface area contributed by atoms with Crippen molar-refractivity contribution < 1.29 is 12.8 Å². The minimum absolute atomic E-state index is 0.0305. The fourth-order valence-corrected chi connectivity index (χ4v) is 6.61. The number of aromatic nitrogens is 1. The number of rotatable bonds is 4. The van der Waals surface area contributed by atoms with E-state index < -0.39 is 10.0 Å². The van der Waals surface area contributed by atoms with Crippen molar-refractivity contribution in [2.75, 3.05) is 42.5 Å². The number of halogens is 1. The molecule has 1 atom stereocenters. The molecule has 2 fully saturated rings. The number of hydrogen-bond donors (Lipinski definition) is 0. The van der Waals surface area contributed by atoms with E-state index in [0.29, 0.717) is 30.2 Å². The van der Waals surface area contributed by atoms with Gasteiger partial charge in [-0.1, -0.05) is 18.6 Å². The van der Waals surface area contributed by atoms with Gasteiger partial charge in [0.2, 0.25) is 10.0 Å². The van der Waals surface area contributed by atoms with E-state index in [-0.39, 0.29) is 11.9 Å². The molecule has 2 aliphatic rings. The van der Waals surface area contributed by atoms with Gasteiger partial charge >= 0.3 is 0 Å². The minimum atomic E-state index is -3.51. The molecule has 3 heterocycles. The summed E-state index contributed by atoms with van der Waals surface area (Å²) in [4.78, 5) is 9.37. The SMILES string of the molecule is C[C@@H]1CCCCN1S(=O)(=O)c1ccc2nc(N3CCN(c4ccccc4F)CC3)ccc2c1. The molecule has 2 aromatic carbocycles. The van der Waals surface area contributed by atoms with Gasteiger partial charge in [-0.05, 0) is 62.2 Å². The van der Waals surface area contributed by atoms with Crippen molar-refractivity contribution >= 4 is 32.4 Å². The zero-order valence-electron chi connectivity index (χ0n) is 18.8. The molecule has 0 saturated carbocycles. The molecule has 0 radical (unpaired) electrons. The van der Waals surface area contributed by atoms with Crippen LogP contribution >= 0.6 is 0 Å². The summed E-state index contributed by atoms with van der Waals surface area (Å²) in [7, 11) is -3.51. The first-order valence-electron chi connectivity index (χ1n) is 11.6. The van der Waals surface area contributed by atoms with Gasteiger partial charge in [0.05, 0.1) is 16.1 Å². The second-order valence-corrected chi connectivity index (χ2v) is 10.8. The molecule has 0 N–H and O–H groups in total. The summed E-state index contributed by atoms with van der Waals surface area (Å²) in [6.45, 7) is 5.48. The number of anilines is 2. The number of hydrogen-bond acceptors (Lipinski definition) is 5. The molecule has 0 unspecified atom stereocenters. The fourth-order valence-electron chi connectivity index (χ4n) is 4.88. The van der Waals surface area contributed by atoms with E-state index in [1.54, 1.807) is 28.6 Å². The highest BCUT2D eigenvalue weighted by molar-refractivity contribution is 7.89. The van der Waals surface area contributed by atoms with Crippen LogP contribution in [0.25, 0.3) is 10.9 Å². The maximum Gasteiger partial charge on any atom is 0.243 e. The molecule has 0 aliphatic carbocycles. The number of piperidine rings is 1. The summed E-state index contributed by atoms with van der Waals surface area (Å²) in [6.07, 6.45) is 2.89. The van der Waals surface area contributed by atoms with Crippen LogP contribution in [0.3, 0.4) is 0 Å².